The average Bonchev–Trinajstić information content (AvgIpc) is 2.58. The molecule has 3 unspecified atom stereocenters. The first-order valence-electron chi connectivity index (χ1n) is 5.14. The van der Waals surface area contributed by atoms with Crippen LogP contribution >= 0.6 is 22.9 Å². The maximum atomic E-state index is 5.87. The van der Waals surface area contributed by atoms with Gasteiger partial charge in [0.2, 0.25) is 0 Å². The van der Waals surface area contributed by atoms with E-state index in [1.807, 2.05) is 6.07 Å². The van der Waals surface area contributed by atoms with Gasteiger partial charge in [0, 0.05) is 17.5 Å². The summed E-state index contributed by atoms with van der Waals surface area (Å²) in [4.78, 5) is 1.33. The van der Waals surface area contributed by atoms with Crippen molar-refractivity contribution < 1.29 is 0 Å². The largest absolute Gasteiger partial charge is 0.309 e. The zero-order valence-corrected chi connectivity index (χ0v) is 10.2. The van der Waals surface area contributed by atoms with Crippen molar-refractivity contribution in [2.75, 3.05) is 0 Å². The lowest BCUT2D eigenvalue weighted by Crippen LogP contribution is -2.47. The molecule has 0 amide bonds. The molecular weight excluding hydrogens is 214 g/mol. The summed E-state index contributed by atoms with van der Waals surface area (Å²) < 4.78 is 0.886. The Morgan fingerprint density at radius 2 is 2.29 bits per heavy atom. The van der Waals surface area contributed by atoms with E-state index in [9.17, 15) is 0 Å². The summed E-state index contributed by atoms with van der Waals surface area (Å²) in [5.41, 5.74) is 0. The van der Waals surface area contributed by atoms with Gasteiger partial charge in [-0.25, -0.2) is 0 Å². The van der Waals surface area contributed by atoms with Crippen LogP contribution in [0.5, 0.6) is 0 Å². The Hall–Kier alpha value is -0.0500. The predicted molar refractivity (Wildman–Crippen MR) is 62.9 cm³/mol. The standard InChI is InChI=1S/C11H16ClNS/c1-7-5-10(8(7)2)13-6-9-3-4-11(12)14-9/h3-4,7-8,10,13H,5-6H2,1-2H3. The zero-order chi connectivity index (χ0) is 10.1. The molecule has 1 aliphatic rings. The van der Waals surface area contributed by atoms with E-state index in [1.165, 1.54) is 11.3 Å². The van der Waals surface area contributed by atoms with Crippen molar-refractivity contribution in [1.29, 1.82) is 0 Å². The van der Waals surface area contributed by atoms with Gasteiger partial charge in [-0.15, -0.1) is 11.3 Å². The quantitative estimate of drug-likeness (QED) is 0.836. The molecule has 1 nitrogen and oxygen atoms in total. The molecule has 0 spiro atoms. The van der Waals surface area contributed by atoms with E-state index in [4.69, 9.17) is 11.6 Å². The third-order valence-corrected chi connectivity index (χ3v) is 4.56. The number of rotatable bonds is 3. The van der Waals surface area contributed by atoms with Crippen molar-refractivity contribution in [3.63, 3.8) is 0 Å². The molecule has 2 rings (SSSR count). The summed E-state index contributed by atoms with van der Waals surface area (Å²) in [6, 6.07) is 4.79. The van der Waals surface area contributed by atoms with Crippen LogP contribution in [-0.2, 0) is 6.54 Å². The van der Waals surface area contributed by atoms with Gasteiger partial charge in [-0.05, 0) is 30.4 Å². The van der Waals surface area contributed by atoms with Crippen LogP contribution < -0.4 is 5.32 Å². The SMILES string of the molecule is CC1CC(NCc2ccc(Cl)s2)C1C. The van der Waals surface area contributed by atoms with E-state index < -0.39 is 0 Å². The van der Waals surface area contributed by atoms with Gasteiger partial charge in [-0.3, -0.25) is 0 Å². The van der Waals surface area contributed by atoms with Crippen LogP contribution in [0.25, 0.3) is 0 Å². The van der Waals surface area contributed by atoms with Gasteiger partial charge < -0.3 is 5.32 Å². The fourth-order valence-electron chi connectivity index (χ4n) is 1.98. The molecule has 1 aromatic heterocycles. The monoisotopic (exact) mass is 229 g/mol. The van der Waals surface area contributed by atoms with Crippen molar-refractivity contribution in [3.8, 4) is 0 Å². The van der Waals surface area contributed by atoms with E-state index in [1.54, 1.807) is 11.3 Å². The van der Waals surface area contributed by atoms with Crippen molar-refractivity contribution in [2.45, 2.75) is 32.9 Å². The normalized spacial score (nSPS) is 31.5. The van der Waals surface area contributed by atoms with Crippen LogP contribution in [0, 0.1) is 11.8 Å². The number of halogens is 1. The Bertz CT molecular complexity index is 310. The maximum Gasteiger partial charge on any atom is 0.0931 e. The molecule has 3 heteroatoms. The molecular formula is C11H16ClNS. The molecule has 1 aliphatic carbocycles. The van der Waals surface area contributed by atoms with Gasteiger partial charge in [-0.1, -0.05) is 25.4 Å². The zero-order valence-electron chi connectivity index (χ0n) is 8.59. The summed E-state index contributed by atoms with van der Waals surface area (Å²) in [5, 5.41) is 3.58. The molecule has 14 heavy (non-hydrogen) atoms. The van der Waals surface area contributed by atoms with Gasteiger partial charge in [0.15, 0.2) is 0 Å². The van der Waals surface area contributed by atoms with Gasteiger partial charge in [0.25, 0.3) is 0 Å². The minimum Gasteiger partial charge on any atom is -0.309 e. The van der Waals surface area contributed by atoms with Crippen molar-refractivity contribution in [1.82, 2.24) is 5.32 Å². The molecule has 0 bridgehead atoms. The predicted octanol–water partition coefficient (Wildman–Crippen LogP) is 3.54. The summed E-state index contributed by atoms with van der Waals surface area (Å²) >= 11 is 7.54. The van der Waals surface area contributed by atoms with Crippen molar-refractivity contribution >= 4 is 22.9 Å². The molecule has 1 saturated carbocycles. The van der Waals surface area contributed by atoms with Crippen LogP contribution in [0.2, 0.25) is 4.34 Å². The van der Waals surface area contributed by atoms with Crippen LogP contribution in [0.15, 0.2) is 12.1 Å². The fourth-order valence-corrected chi connectivity index (χ4v) is 3.02. The van der Waals surface area contributed by atoms with E-state index in [2.05, 4.69) is 25.2 Å². The molecule has 3 atom stereocenters. The number of thiophene rings is 1. The van der Waals surface area contributed by atoms with Crippen LogP contribution in [-0.4, -0.2) is 6.04 Å². The lowest BCUT2D eigenvalue weighted by Gasteiger charge is -2.41. The summed E-state index contributed by atoms with van der Waals surface area (Å²) in [5.74, 6) is 1.71. The molecule has 0 saturated heterocycles. The average molecular weight is 230 g/mol. The van der Waals surface area contributed by atoms with E-state index >= 15 is 0 Å². The highest BCUT2D eigenvalue weighted by molar-refractivity contribution is 7.16. The van der Waals surface area contributed by atoms with Gasteiger partial charge in [0.05, 0.1) is 4.34 Å². The van der Waals surface area contributed by atoms with Crippen LogP contribution in [0.4, 0.5) is 0 Å². The van der Waals surface area contributed by atoms with E-state index in [-0.39, 0.29) is 0 Å². The number of hydrogen-bond donors (Lipinski definition) is 1. The maximum absolute atomic E-state index is 5.87. The molecule has 0 radical (unpaired) electrons. The molecule has 1 fully saturated rings. The Kier molecular flexibility index (Phi) is 3.15. The second-order valence-corrected chi connectivity index (χ2v) is 6.06. The first-order valence-corrected chi connectivity index (χ1v) is 6.34. The van der Waals surface area contributed by atoms with E-state index in [0.29, 0.717) is 6.04 Å². The second kappa shape index (κ2) is 4.21. The molecule has 0 aliphatic heterocycles. The molecule has 1 aromatic rings. The fraction of sp³-hybridized carbons (Fsp3) is 0.636. The third-order valence-electron chi connectivity index (χ3n) is 3.33. The highest BCUT2D eigenvalue weighted by atomic mass is 35.5. The molecule has 0 aromatic carbocycles. The Labute approximate surface area is 94.5 Å². The Morgan fingerprint density at radius 1 is 1.50 bits per heavy atom. The number of nitrogens with one attached hydrogen (secondary N) is 1. The third kappa shape index (κ3) is 2.13. The lowest BCUT2D eigenvalue weighted by atomic mass is 9.71. The lowest BCUT2D eigenvalue weighted by molar-refractivity contribution is 0.137. The van der Waals surface area contributed by atoms with Gasteiger partial charge in [0.1, 0.15) is 0 Å². The topological polar surface area (TPSA) is 12.0 Å². The van der Waals surface area contributed by atoms with Crippen LogP contribution in [0.3, 0.4) is 0 Å². The molecule has 1 N–H and O–H groups in total. The Balaban J connectivity index is 1.78. The van der Waals surface area contributed by atoms with Gasteiger partial charge >= 0.3 is 0 Å². The van der Waals surface area contributed by atoms with Crippen LogP contribution in [0.1, 0.15) is 25.1 Å². The van der Waals surface area contributed by atoms with Gasteiger partial charge in [-0.2, -0.15) is 0 Å². The summed E-state index contributed by atoms with van der Waals surface area (Å²) in [6.45, 7) is 5.62. The molecule has 1 heterocycles. The first-order chi connectivity index (χ1) is 6.66. The van der Waals surface area contributed by atoms with Crippen molar-refractivity contribution in [3.05, 3.63) is 21.3 Å². The first kappa shape index (κ1) is 10.5. The highest BCUT2D eigenvalue weighted by Crippen LogP contribution is 2.34. The Morgan fingerprint density at radius 3 is 2.79 bits per heavy atom. The van der Waals surface area contributed by atoms with E-state index in [0.717, 1.165) is 22.7 Å². The second-order valence-electron chi connectivity index (χ2n) is 4.27. The minimum atomic E-state index is 0.714. The smallest absolute Gasteiger partial charge is 0.0931 e. The minimum absolute atomic E-state index is 0.714. The molecule has 78 valence electrons. The van der Waals surface area contributed by atoms with Crippen molar-refractivity contribution in [2.24, 2.45) is 11.8 Å². The summed E-state index contributed by atoms with van der Waals surface area (Å²) in [6.07, 6.45) is 1.32. The highest BCUT2D eigenvalue weighted by Gasteiger charge is 2.33. The summed E-state index contributed by atoms with van der Waals surface area (Å²) in [7, 11) is 0. The number of hydrogen-bond acceptors (Lipinski definition) is 2.